The third kappa shape index (κ3) is 3.04. The summed E-state index contributed by atoms with van der Waals surface area (Å²) in [6, 6.07) is 1.99. The second-order valence-electron chi connectivity index (χ2n) is 4.00. The van der Waals surface area contributed by atoms with E-state index in [-0.39, 0.29) is 29.7 Å². The van der Waals surface area contributed by atoms with Gasteiger partial charge in [-0.15, -0.1) is 0 Å². The Kier molecular flexibility index (Phi) is 4.49. The number of benzene rings is 1. The van der Waals surface area contributed by atoms with Gasteiger partial charge in [-0.2, -0.15) is 0 Å². The zero-order valence-corrected chi connectivity index (χ0v) is 10.9. The summed E-state index contributed by atoms with van der Waals surface area (Å²) < 4.78 is 55.7. The van der Waals surface area contributed by atoms with E-state index in [2.05, 4.69) is 4.72 Å². The highest BCUT2D eigenvalue weighted by molar-refractivity contribution is 8.04. The van der Waals surface area contributed by atoms with Crippen molar-refractivity contribution in [3.8, 4) is 0 Å². The summed E-state index contributed by atoms with van der Waals surface area (Å²) in [4.78, 5) is 10.5. The van der Waals surface area contributed by atoms with Crippen LogP contribution < -0.4 is 4.72 Å². The Bertz CT molecular complexity index is 613. The zero-order valence-electron chi connectivity index (χ0n) is 10.1. The van der Waals surface area contributed by atoms with Crippen molar-refractivity contribution in [2.45, 2.75) is 12.8 Å². The van der Waals surface area contributed by atoms with E-state index < -0.39 is 28.9 Å². The van der Waals surface area contributed by atoms with Gasteiger partial charge in [0, 0.05) is 12.8 Å². The number of hydrogen-bond acceptors (Lipinski definition) is 3. The highest BCUT2D eigenvalue weighted by Crippen LogP contribution is 2.34. The fourth-order valence-electron chi connectivity index (χ4n) is 1.60. The van der Waals surface area contributed by atoms with Gasteiger partial charge in [-0.1, -0.05) is 0 Å². The molecule has 1 aromatic rings. The number of hydrogen-bond donors (Lipinski definition) is 1. The zero-order chi connectivity index (χ0) is 14.7. The number of carbonyl (C=O) groups excluding carboxylic acids is 1. The van der Waals surface area contributed by atoms with E-state index >= 15 is 0 Å². The monoisotopic (exact) mass is 303 g/mol. The quantitative estimate of drug-likeness (QED) is 0.498. The molecule has 0 saturated carbocycles. The lowest BCUT2D eigenvalue weighted by atomic mass is 10.1. The average Bonchev–Trinajstić information content (AvgIpc) is 2.42. The molecule has 0 bridgehead atoms. The van der Waals surface area contributed by atoms with E-state index in [1.54, 1.807) is 0 Å². The van der Waals surface area contributed by atoms with Crippen LogP contribution in [0, 0.1) is 11.6 Å². The van der Waals surface area contributed by atoms with Crippen molar-refractivity contribution in [3.05, 3.63) is 52.0 Å². The maximum atomic E-state index is 13.7. The lowest BCUT2D eigenvalue weighted by Crippen LogP contribution is -2.00. The van der Waals surface area contributed by atoms with Gasteiger partial charge in [0.25, 0.3) is 0 Å². The number of nitrogens with one attached hydrogen (secondary N) is 1. The van der Waals surface area contributed by atoms with Crippen LogP contribution in [0.4, 0.5) is 23.2 Å². The summed E-state index contributed by atoms with van der Waals surface area (Å²) >= 11 is 0.661. The molecule has 1 N–H and O–H groups in total. The van der Waals surface area contributed by atoms with Crippen LogP contribution in [-0.4, -0.2) is 6.29 Å². The molecular formula is C13H9F4NOS. The second kappa shape index (κ2) is 6.13. The lowest BCUT2D eigenvalue weighted by molar-refractivity contribution is 0.111. The number of rotatable bonds is 4. The first-order valence-electron chi connectivity index (χ1n) is 5.63. The first-order chi connectivity index (χ1) is 9.52. The molecule has 0 unspecified atom stereocenters. The first-order valence-corrected chi connectivity index (χ1v) is 6.45. The predicted molar refractivity (Wildman–Crippen MR) is 69.5 cm³/mol. The maximum absolute atomic E-state index is 13.7. The van der Waals surface area contributed by atoms with Gasteiger partial charge < -0.3 is 4.72 Å². The molecule has 0 aromatic heterocycles. The fourth-order valence-corrected chi connectivity index (χ4v) is 2.37. The average molecular weight is 303 g/mol. The number of anilines is 1. The van der Waals surface area contributed by atoms with Crippen molar-refractivity contribution in [2.24, 2.45) is 0 Å². The van der Waals surface area contributed by atoms with Gasteiger partial charge >= 0.3 is 0 Å². The number of halogens is 4. The molecular weight excluding hydrogens is 294 g/mol. The van der Waals surface area contributed by atoms with Gasteiger partial charge in [0.2, 0.25) is 0 Å². The Morgan fingerprint density at radius 1 is 1.15 bits per heavy atom. The third-order valence-corrected chi connectivity index (χ3v) is 3.53. The molecule has 0 atom stereocenters. The minimum Gasteiger partial charge on any atom is -0.323 e. The molecule has 1 aliphatic rings. The summed E-state index contributed by atoms with van der Waals surface area (Å²) in [5, 5.41) is 0. The van der Waals surface area contributed by atoms with Crippen LogP contribution >= 0.6 is 11.9 Å². The Labute approximate surface area is 116 Å². The van der Waals surface area contributed by atoms with Crippen molar-refractivity contribution in [1.82, 2.24) is 0 Å². The number of aldehydes is 1. The van der Waals surface area contributed by atoms with Crippen LogP contribution in [0.2, 0.25) is 0 Å². The molecule has 0 spiro atoms. The molecule has 2 nitrogen and oxygen atoms in total. The minimum absolute atomic E-state index is 0.00388. The molecule has 0 amide bonds. The molecule has 0 saturated heterocycles. The van der Waals surface area contributed by atoms with Crippen LogP contribution in [0.5, 0.6) is 0 Å². The molecule has 2 rings (SSSR count). The third-order valence-electron chi connectivity index (χ3n) is 2.65. The van der Waals surface area contributed by atoms with Crippen LogP contribution in [0.15, 0.2) is 34.8 Å². The van der Waals surface area contributed by atoms with Crippen LogP contribution in [-0.2, 0) is 0 Å². The van der Waals surface area contributed by atoms with E-state index in [1.165, 1.54) is 0 Å². The van der Waals surface area contributed by atoms with Gasteiger partial charge in [-0.25, -0.2) is 17.6 Å². The van der Waals surface area contributed by atoms with Crippen molar-refractivity contribution in [2.75, 3.05) is 4.72 Å². The topological polar surface area (TPSA) is 29.1 Å². The maximum Gasteiger partial charge on any atom is 0.160 e. The van der Waals surface area contributed by atoms with Crippen molar-refractivity contribution in [3.63, 3.8) is 0 Å². The molecule has 0 radical (unpaired) electrons. The summed E-state index contributed by atoms with van der Waals surface area (Å²) in [5.74, 6) is -3.04. The smallest absolute Gasteiger partial charge is 0.160 e. The molecule has 20 heavy (non-hydrogen) atoms. The molecule has 0 fully saturated rings. The SMILES string of the molecule is O=Cc1c(F)ccc(NSC2=C(F)CCC(F)=C2)c1F. The lowest BCUT2D eigenvalue weighted by Gasteiger charge is -2.12. The van der Waals surface area contributed by atoms with E-state index in [1.807, 2.05) is 0 Å². The van der Waals surface area contributed by atoms with Crippen LogP contribution in [0.1, 0.15) is 23.2 Å². The molecule has 1 aliphatic carbocycles. The summed E-state index contributed by atoms with van der Waals surface area (Å²) in [6.07, 6.45) is 1.01. The molecule has 1 aromatic carbocycles. The van der Waals surface area contributed by atoms with Crippen molar-refractivity contribution >= 4 is 23.9 Å². The minimum atomic E-state index is -1.08. The standard InChI is InChI=1S/C13H9F4NOS/c14-7-1-2-10(16)12(5-7)20-18-11-4-3-9(15)8(6-19)13(11)17/h3-6,18H,1-2H2. The Morgan fingerprint density at radius 3 is 2.60 bits per heavy atom. The van der Waals surface area contributed by atoms with E-state index in [0.29, 0.717) is 11.9 Å². The molecule has 0 aliphatic heterocycles. The molecule has 7 heteroatoms. The number of carbonyl (C=O) groups is 1. The largest absolute Gasteiger partial charge is 0.323 e. The normalized spacial score (nSPS) is 15.1. The van der Waals surface area contributed by atoms with Gasteiger partial charge in [0.1, 0.15) is 17.5 Å². The van der Waals surface area contributed by atoms with Gasteiger partial charge in [-0.05, 0) is 30.2 Å². The predicted octanol–water partition coefficient (Wildman–Crippen LogP) is 4.67. The second-order valence-corrected chi connectivity index (χ2v) is 4.85. The molecule has 0 heterocycles. The number of allylic oxidation sites excluding steroid dienone is 3. The van der Waals surface area contributed by atoms with Gasteiger partial charge in [0.05, 0.1) is 16.2 Å². The van der Waals surface area contributed by atoms with Crippen molar-refractivity contribution in [1.29, 1.82) is 0 Å². The van der Waals surface area contributed by atoms with Crippen LogP contribution in [0.25, 0.3) is 0 Å². The first kappa shape index (κ1) is 14.6. The Balaban J connectivity index is 2.18. The Hall–Kier alpha value is -1.76. The fraction of sp³-hybridized carbons (Fsp3) is 0.154. The van der Waals surface area contributed by atoms with Gasteiger partial charge in [-0.3, -0.25) is 4.79 Å². The highest BCUT2D eigenvalue weighted by Gasteiger charge is 2.16. The van der Waals surface area contributed by atoms with E-state index in [9.17, 15) is 22.4 Å². The summed E-state index contributed by atoms with van der Waals surface area (Å²) in [7, 11) is 0. The van der Waals surface area contributed by atoms with Crippen molar-refractivity contribution < 1.29 is 22.4 Å². The highest BCUT2D eigenvalue weighted by atomic mass is 32.2. The van der Waals surface area contributed by atoms with Gasteiger partial charge in [0.15, 0.2) is 12.1 Å². The summed E-state index contributed by atoms with van der Waals surface area (Å²) in [6.45, 7) is 0. The van der Waals surface area contributed by atoms with Crippen LogP contribution in [0.3, 0.4) is 0 Å². The van der Waals surface area contributed by atoms with E-state index in [0.717, 1.165) is 18.2 Å². The van der Waals surface area contributed by atoms with E-state index in [4.69, 9.17) is 0 Å². The summed E-state index contributed by atoms with van der Waals surface area (Å²) in [5.41, 5.74) is -0.895. The Morgan fingerprint density at radius 2 is 1.90 bits per heavy atom. The molecule has 106 valence electrons.